The summed E-state index contributed by atoms with van der Waals surface area (Å²) >= 11 is 7.17. The lowest BCUT2D eigenvalue weighted by Crippen LogP contribution is -2.29. The van der Waals surface area contributed by atoms with Gasteiger partial charge in [-0.15, -0.1) is 0 Å². The Balaban J connectivity index is 1.64. The first kappa shape index (κ1) is 17.1. The van der Waals surface area contributed by atoms with E-state index < -0.39 is 0 Å². The zero-order valence-electron chi connectivity index (χ0n) is 14.3. The summed E-state index contributed by atoms with van der Waals surface area (Å²) in [5.74, 6) is 0.897. The molecule has 1 fully saturated rings. The third-order valence-electron chi connectivity index (χ3n) is 4.39. The number of furan rings is 1. The van der Waals surface area contributed by atoms with Crippen LogP contribution in [0, 0.1) is 0 Å². The van der Waals surface area contributed by atoms with Gasteiger partial charge in [0.15, 0.2) is 10.2 Å². The first-order valence-corrected chi connectivity index (χ1v) is 9.79. The topological polar surface area (TPSA) is 41.3 Å². The molecule has 1 N–H and O–H groups in total. The van der Waals surface area contributed by atoms with E-state index in [1.54, 1.807) is 11.8 Å². The molecule has 4 nitrogen and oxygen atoms in total. The lowest BCUT2D eigenvalue weighted by Gasteiger charge is -2.24. The van der Waals surface area contributed by atoms with Gasteiger partial charge in [0.1, 0.15) is 11.8 Å². The zero-order valence-corrected chi connectivity index (χ0v) is 16.0. The lowest BCUT2D eigenvalue weighted by atomic mass is 10.0. The number of aromatic nitrogens is 1. The van der Waals surface area contributed by atoms with E-state index in [2.05, 4.69) is 34.3 Å². The van der Waals surface area contributed by atoms with Crippen LogP contribution in [0.2, 0.25) is 0 Å². The van der Waals surface area contributed by atoms with E-state index in [-0.39, 0.29) is 12.1 Å². The molecule has 132 valence electrons. The molecule has 0 radical (unpaired) electrons. The number of likely N-dealkylation sites (N-methyl/N-ethyl adjacent to an activating group) is 1. The van der Waals surface area contributed by atoms with Crippen LogP contribution in [0.25, 0.3) is 0 Å². The van der Waals surface area contributed by atoms with Crippen molar-refractivity contribution in [3.05, 3.63) is 78.3 Å². The Labute approximate surface area is 162 Å². The zero-order chi connectivity index (χ0) is 17.9. The predicted molar refractivity (Wildman–Crippen MR) is 107 cm³/mol. The van der Waals surface area contributed by atoms with Gasteiger partial charge in [-0.3, -0.25) is 4.98 Å². The molecule has 1 aliphatic rings. The minimum atomic E-state index is -0.0237. The summed E-state index contributed by atoms with van der Waals surface area (Å²) in [6.45, 7) is 2.91. The molecule has 3 heterocycles. The number of nitrogens with one attached hydrogen (secondary N) is 1. The van der Waals surface area contributed by atoms with E-state index in [0.717, 1.165) is 33.1 Å². The number of hydrogen-bond donors (Lipinski definition) is 1. The van der Waals surface area contributed by atoms with Gasteiger partial charge >= 0.3 is 0 Å². The molecule has 26 heavy (non-hydrogen) atoms. The van der Waals surface area contributed by atoms with Gasteiger partial charge in [-0.25, -0.2) is 0 Å². The Morgan fingerprint density at radius 3 is 2.65 bits per heavy atom. The largest absolute Gasteiger partial charge is 0.452 e. The number of benzene rings is 1. The molecule has 4 rings (SSSR count). The molecule has 1 aromatic carbocycles. The molecule has 0 aliphatic carbocycles. The standard InChI is InChI=1S/C20H19N3OS2/c1-2-23-19(18(22-20(23)25)15-10-6-7-13-21-15)16-11-12-17(24-16)26-14-8-4-3-5-9-14/h3-13,18-19H,2H2,1H3,(H,22,25)/t18-,19-/m1/s1. The van der Waals surface area contributed by atoms with Gasteiger partial charge in [0.05, 0.1) is 11.7 Å². The fourth-order valence-corrected chi connectivity index (χ4v) is 4.38. The number of hydrogen-bond acceptors (Lipinski definition) is 4. The van der Waals surface area contributed by atoms with Crippen molar-refractivity contribution in [1.29, 1.82) is 0 Å². The van der Waals surface area contributed by atoms with Crippen molar-refractivity contribution in [2.24, 2.45) is 0 Å². The normalized spacial score (nSPS) is 19.6. The maximum Gasteiger partial charge on any atom is 0.170 e. The van der Waals surface area contributed by atoms with E-state index in [1.165, 1.54) is 0 Å². The highest BCUT2D eigenvalue weighted by molar-refractivity contribution is 7.99. The van der Waals surface area contributed by atoms with Crippen LogP contribution in [-0.4, -0.2) is 21.5 Å². The fraction of sp³-hybridized carbons (Fsp3) is 0.200. The van der Waals surface area contributed by atoms with Crippen LogP contribution < -0.4 is 5.32 Å². The number of thiocarbonyl (C=S) groups is 1. The fourth-order valence-electron chi connectivity index (χ4n) is 3.21. The van der Waals surface area contributed by atoms with Crippen LogP contribution in [0.5, 0.6) is 0 Å². The van der Waals surface area contributed by atoms with Gasteiger partial charge in [-0.2, -0.15) is 0 Å². The summed E-state index contributed by atoms with van der Waals surface area (Å²) in [6.07, 6.45) is 1.81. The number of pyridine rings is 1. The summed E-state index contributed by atoms with van der Waals surface area (Å²) < 4.78 is 6.20. The SMILES string of the molecule is CCN1C(=S)N[C@H](c2ccccn2)[C@H]1c1ccc(Sc2ccccc2)o1. The Morgan fingerprint density at radius 1 is 1.12 bits per heavy atom. The maximum atomic E-state index is 6.20. The highest BCUT2D eigenvalue weighted by Gasteiger charge is 2.40. The second kappa shape index (κ2) is 7.51. The molecule has 2 atom stereocenters. The Bertz CT molecular complexity index is 882. The monoisotopic (exact) mass is 381 g/mol. The van der Waals surface area contributed by atoms with Gasteiger partial charge in [0.25, 0.3) is 0 Å². The van der Waals surface area contributed by atoms with Crippen molar-refractivity contribution >= 4 is 29.1 Å². The molecule has 0 unspecified atom stereocenters. The van der Waals surface area contributed by atoms with Crippen molar-refractivity contribution in [3.63, 3.8) is 0 Å². The van der Waals surface area contributed by atoms with Crippen molar-refractivity contribution in [1.82, 2.24) is 15.2 Å². The second-order valence-corrected chi connectivity index (χ2v) is 7.45. The van der Waals surface area contributed by atoms with Crippen LogP contribution in [-0.2, 0) is 0 Å². The molecule has 6 heteroatoms. The van der Waals surface area contributed by atoms with Crippen LogP contribution in [0.3, 0.4) is 0 Å². The van der Waals surface area contributed by atoms with Crippen LogP contribution >= 0.6 is 24.0 Å². The predicted octanol–water partition coefficient (Wildman–Crippen LogP) is 4.82. The molecule has 2 aromatic heterocycles. The van der Waals surface area contributed by atoms with E-state index >= 15 is 0 Å². The molecule has 1 aliphatic heterocycles. The average molecular weight is 382 g/mol. The number of nitrogens with zero attached hydrogens (tertiary/aromatic N) is 2. The quantitative estimate of drug-likeness (QED) is 0.639. The van der Waals surface area contributed by atoms with Gasteiger partial charge in [-0.1, -0.05) is 36.0 Å². The van der Waals surface area contributed by atoms with Crippen LogP contribution in [0.1, 0.15) is 30.5 Å². The van der Waals surface area contributed by atoms with E-state index in [9.17, 15) is 0 Å². The molecule has 0 saturated carbocycles. The van der Waals surface area contributed by atoms with Gasteiger partial charge in [0.2, 0.25) is 0 Å². The minimum absolute atomic E-state index is 0.00692. The Hall–Kier alpha value is -2.31. The van der Waals surface area contributed by atoms with Gasteiger partial charge < -0.3 is 14.6 Å². The van der Waals surface area contributed by atoms with Gasteiger partial charge in [0, 0.05) is 17.6 Å². The Kier molecular flexibility index (Phi) is 4.95. The van der Waals surface area contributed by atoms with Crippen LogP contribution in [0.4, 0.5) is 0 Å². The average Bonchev–Trinajstić information content (AvgIpc) is 3.27. The Morgan fingerprint density at radius 2 is 1.92 bits per heavy atom. The molecule has 0 spiro atoms. The van der Waals surface area contributed by atoms with Crippen LogP contribution in [0.15, 0.2) is 81.3 Å². The van der Waals surface area contributed by atoms with Crippen molar-refractivity contribution < 1.29 is 4.42 Å². The summed E-state index contributed by atoms with van der Waals surface area (Å²) in [7, 11) is 0. The summed E-state index contributed by atoms with van der Waals surface area (Å²) in [5.41, 5.74) is 0.962. The summed E-state index contributed by atoms with van der Waals surface area (Å²) in [4.78, 5) is 7.83. The highest BCUT2D eigenvalue weighted by atomic mass is 32.2. The lowest BCUT2D eigenvalue weighted by molar-refractivity contribution is 0.267. The minimum Gasteiger partial charge on any atom is -0.452 e. The third-order valence-corrected chi connectivity index (χ3v) is 5.67. The summed E-state index contributed by atoms with van der Waals surface area (Å²) in [6, 6.07) is 20.2. The summed E-state index contributed by atoms with van der Waals surface area (Å²) in [5, 5.41) is 5.02. The van der Waals surface area contributed by atoms with E-state index in [1.807, 2.05) is 54.7 Å². The molecule has 0 bridgehead atoms. The van der Waals surface area contributed by atoms with Gasteiger partial charge in [-0.05, 0) is 55.5 Å². The second-order valence-electron chi connectivity index (χ2n) is 5.98. The smallest absolute Gasteiger partial charge is 0.170 e. The van der Waals surface area contributed by atoms with E-state index in [0.29, 0.717) is 0 Å². The van der Waals surface area contributed by atoms with Crippen molar-refractivity contribution in [3.8, 4) is 0 Å². The number of rotatable bonds is 5. The maximum absolute atomic E-state index is 6.20. The van der Waals surface area contributed by atoms with E-state index in [4.69, 9.17) is 16.6 Å². The highest BCUT2D eigenvalue weighted by Crippen LogP contribution is 2.40. The molecule has 3 aromatic rings. The van der Waals surface area contributed by atoms with Crippen molar-refractivity contribution in [2.75, 3.05) is 6.54 Å². The molecule has 0 amide bonds. The first-order chi connectivity index (χ1) is 12.8. The van der Waals surface area contributed by atoms with Crippen molar-refractivity contribution in [2.45, 2.75) is 29.0 Å². The molecule has 1 saturated heterocycles. The third kappa shape index (κ3) is 3.34. The molecular formula is C20H19N3OS2. The molecular weight excluding hydrogens is 362 g/mol. The first-order valence-electron chi connectivity index (χ1n) is 8.57.